The molecule has 0 unspecified atom stereocenters. The van der Waals surface area contributed by atoms with Gasteiger partial charge in [-0.15, -0.1) is 0 Å². The highest BCUT2D eigenvalue weighted by atomic mass is 16.2. The lowest BCUT2D eigenvalue weighted by molar-refractivity contribution is -0.132. The fourth-order valence-electron chi connectivity index (χ4n) is 2.86. The van der Waals surface area contributed by atoms with Crippen molar-refractivity contribution in [1.29, 1.82) is 0 Å². The first-order valence-corrected chi connectivity index (χ1v) is 9.32. The van der Waals surface area contributed by atoms with Gasteiger partial charge in [-0.2, -0.15) is 0 Å². The fraction of sp³-hybridized carbons (Fsp3) is 0.824. The summed E-state index contributed by atoms with van der Waals surface area (Å²) in [5.41, 5.74) is 10.6. The molecule has 25 heavy (non-hydrogen) atoms. The van der Waals surface area contributed by atoms with Crippen LogP contribution in [0.15, 0.2) is 0 Å². The van der Waals surface area contributed by atoms with E-state index in [0.29, 0.717) is 32.5 Å². The fourth-order valence-corrected chi connectivity index (χ4v) is 2.86. The van der Waals surface area contributed by atoms with Crippen LogP contribution in [0.3, 0.4) is 0 Å². The lowest BCUT2D eigenvalue weighted by atomic mass is 10.1. The van der Waals surface area contributed by atoms with Crippen molar-refractivity contribution < 1.29 is 14.4 Å². The zero-order valence-electron chi connectivity index (χ0n) is 15.1. The van der Waals surface area contributed by atoms with Crippen LogP contribution in [0.5, 0.6) is 0 Å². The molecule has 3 amide bonds. The summed E-state index contributed by atoms with van der Waals surface area (Å²) >= 11 is 0. The van der Waals surface area contributed by atoms with Crippen LogP contribution in [0.4, 0.5) is 0 Å². The first-order valence-electron chi connectivity index (χ1n) is 9.32. The Morgan fingerprint density at radius 3 is 2.36 bits per heavy atom. The van der Waals surface area contributed by atoms with Crippen molar-refractivity contribution in [3.63, 3.8) is 0 Å². The Morgan fingerprint density at radius 1 is 1.00 bits per heavy atom. The van der Waals surface area contributed by atoms with Gasteiger partial charge in [-0.25, -0.2) is 0 Å². The van der Waals surface area contributed by atoms with E-state index >= 15 is 0 Å². The van der Waals surface area contributed by atoms with Crippen LogP contribution in [0.1, 0.15) is 51.4 Å². The second-order valence-electron chi connectivity index (χ2n) is 6.49. The van der Waals surface area contributed by atoms with Gasteiger partial charge in [0.1, 0.15) is 0 Å². The van der Waals surface area contributed by atoms with E-state index in [9.17, 15) is 14.4 Å². The molecule has 0 aliphatic carbocycles. The third-order valence-corrected chi connectivity index (χ3v) is 4.32. The highest BCUT2D eigenvalue weighted by Gasteiger charge is 2.26. The van der Waals surface area contributed by atoms with Crippen molar-refractivity contribution in [1.82, 2.24) is 15.5 Å². The van der Waals surface area contributed by atoms with Gasteiger partial charge in [-0.3, -0.25) is 14.4 Å². The highest BCUT2D eigenvalue weighted by Crippen LogP contribution is 2.11. The molecule has 144 valence electrons. The Balaban J connectivity index is 2.26. The third-order valence-electron chi connectivity index (χ3n) is 4.32. The molecule has 0 aromatic carbocycles. The third kappa shape index (κ3) is 9.40. The van der Waals surface area contributed by atoms with Crippen molar-refractivity contribution in [2.75, 3.05) is 32.7 Å². The van der Waals surface area contributed by atoms with E-state index < -0.39 is 5.91 Å². The Labute approximate surface area is 150 Å². The number of hydrogen-bond acceptors (Lipinski definition) is 5. The number of unbranched alkanes of at least 4 members (excludes halogenated alkanes) is 1. The van der Waals surface area contributed by atoms with E-state index in [0.717, 1.165) is 45.2 Å². The number of nitrogens with one attached hydrogen (secondary N) is 2. The van der Waals surface area contributed by atoms with Gasteiger partial charge in [0.05, 0.1) is 6.04 Å². The number of nitrogens with zero attached hydrogens (tertiary/aromatic N) is 1. The van der Waals surface area contributed by atoms with Gasteiger partial charge in [-0.05, 0) is 51.6 Å². The molecule has 0 spiro atoms. The number of nitrogens with two attached hydrogens (primary N) is 2. The summed E-state index contributed by atoms with van der Waals surface area (Å²) in [6.45, 7) is 3.40. The number of rotatable bonds is 13. The number of carbonyl (C=O) groups excluding carboxylic acids is 3. The number of primary amides is 1. The first-order chi connectivity index (χ1) is 12.0. The molecule has 1 heterocycles. The molecule has 8 nitrogen and oxygen atoms in total. The molecule has 1 rings (SSSR count). The average molecular weight is 355 g/mol. The van der Waals surface area contributed by atoms with E-state index in [4.69, 9.17) is 11.5 Å². The summed E-state index contributed by atoms with van der Waals surface area (Å²) in [6.07, 6.45) is 5.49. The van der Waals surface area contributed by atoms with Crippen molar-refractivity contribution in [3.05, 3.63) is 0 Å². The monoisotopic (exact) mass is 355 g/mol. The maximum atomic E-state index is 12.5. The molecule has 0 saturated carbocycles. The van der Waals surface area contributed by atoms with Gasteiger partial charge >= 0.3 is 0 Å². The van der Waals surface area contributed by atoms with Crippen molar-refractivity contribution >= 4 is 17.7 Å². The summed E-state index contributed by atoms with van der Waals surface area (Å²) in [5.74, 6) is -0.305. The number of likely N-dealkylation sites (tertiary alicyclic amines) is 1. The van der Waals surface area contributed by atoms with Crippen LogP contribution < -0.4 is 22.1 Å². The first kappa shape index (κ1) is 21.4. The zero-order valence-corrected chi connectivity index (χ0v) is 15.1. The number of carbonyl (C=O) groups is 3. The highest BCUT2D eigenvalue weighted by molar-refractivity contribution is 5.83. The summed E-state index contributed by atoms with van der Waals surface area (Å²) in [7, 11) is 0. The molecule has 1 aliphatic rings. The molecule has 8 heteroatoms. The summed E-state index contributed by atoms with van der Waals surface area (Å²) < 4.78 is 0. The number of hydrogen-bond donors (Lipinski definition) is 4. The van der Waals surface area contributed by atoms with Gasteiger partial charge in [0.25, 0.3) is 0 Å². The maximum absolute atomic E-state index is 12.5. The van der Waals surface area contributed by atoms with Crippen LogP contribution in [0.25, 0.3) is 0 Å². The molecule has 0 aromatic heterocycles. The second kappa shape index (κ2) is 12.7. The van der Waals surface area contributed by atoms with Gasteiger partial charge in [0.15, 0.2) is 0 Å². The molecule has 0 aromatic rings. The topological polar surface area (TPSA) is 131 Å². The lowest BCUT2D eigenvalue weighted by Crippen LogP contribution is -2.46. The maximum Gasteiger partial charge on any atom is 0.239 e. The number of amides is 3. The molecule has 1 aliphatic heterocycles. The smallest absolute Gasteiger partial charge is 0.239 e. The standard InChI is InChI=1S/C17H33N5O3/c18-9-5-11-21-16(24)6-1-2-10-20-14(7-8-15(19)23)17(25)22-12-3-4-13-22/h14,20H,1-13,18H2,(H2,19,23)(H,21,24)/t14-/m0/s1. The minimum atomic E-state index is -0.393. The van der Waals surface area contributed by atoms with Gasteiger partial charge in [0.2, 0.25) is 17.7 Å². The van der Waals surface area contributed by atoms with Crippen LogP contribution in [-0.2, 0) is 14.4 Å². The summed E-state index contributed by atoms with van der Waals surface area (Å²) in [4.78, 5) is 37.0. The van der Waals surface area contributed by atoms with Crippen LogP contribution in [-0.4, -0.2) is 61.4 Å². The van der Waals surface area contributed by atoms with E-state index in [1.807, 2.05) is 4.90 Å². The lowest BCUT2D eigenvalue weighted by Gasteiger charge is -2.24. The van der Waals surface area contributed by atoms with Gasteiger partial charge in [0, 0.05) is 32.5 Å². The van der Waals surface area contributed by atoms with Crippen molar-refractivity contribution in [3.8, 4) is 0 Å². The Morgan fingerprint density at radius 2 is 1.72 bits per heavy atom. The summed E-state index contributed by atoms with van der Waals surface area (Å²) in [6, 6.07) is -0.371. The zero-order chi connectivity index (χ0) is 18.5. The predicted octanol–water partition coefficient (Wildman–Crippen LogP) is -0.532. The van der Waals surface area contributed by atoms with Crippen LogP contribution in [0.2, 0.25) is 0 Å². The second-order valence-corrected chi connectivity index (χ2v) is 6.49. The van der Waals surface area contributed by atoms with Crippen molar-refractivity contribution in [2.45, 2.75) is 57.4 Å². The SMILES string of the molecule is NCCCNC(=O)CCCCN[C@@H](CCC(N)=O)C(=O)N1CCCC1. The van der Waals surface area contributed by atoms with E-state index in [2.05, 4.69) is 10.6 Å². The quantitative estimate of drug-likeness (QED) is 0.330. The molecule has 6 N–H and O–H groups in total. The van der Waals surface area contributed by atoms with E-state index in [1.165, 1.54) is 0 Å². The largest absolute Gasteiger partial charge is 0.370 e. The molecule has 0 radical (unpaired) electrons. The van der Waals surface area contributed by atoms with E-state index in [-0.39, 0.29) is 24.3 Å². The van der Waals surface area contributed by atoms with Gasteiger partial charge < -0.3 is 27.0 Å². The van der Waals surface area contributed by atoms with E-state index in [1.54, 1.807) is 0 Å². The summed E-state index contributed by atoms with van der Waals surface area (Å²) in [5, 5.41) is 6.05. The molecular weight excluding hydrogens is 322 g/mol. The van der Waals surface area contributed by atoms with Crippen LogP contribution in [0, 0.1) is 0 Å². The molecule has 1 fully saturated rings. The molecule has 1 saturated heterocycles. The Bertz CT molecular complexity index is 425. The minimum absolute atomic E-state index is 0.0341. The predicted molar refractivity (Wildman–Crippen MR) is 96.6 cm³/mol. The minimum Gasteiger partial charge on any atom is -0.370 e. The average Bonchev–Trinajstić information content (AvgIpc) is 3.11. The van der Waals surface area contributed by atoms with Crippen LogP contribution >= 0.6 is 0 Å². The molecular formula is C17H33N5O3. The Kier molecular flexibility index (Phi) is 10.8. The normalized spacial score (nSPS) is 15.2. The van der Waals surface area contributed by atoms with Gasteiger partial charge in [-0.1, -0.05) is 0 Å². The van der Waals surface area contributed by atoms with Crippen molar-refractivity contribution in [2.24, 2.45) is 11.5 Å². The Hall–Kier alpha value is -1.67. The molecule has 1 atom stereocenters. The molecule has 0 bridgehead atoms.